The molecule has 2 aromatic heterocycles. The lowest BCUT2D eigenvalue weighted by atomic mass is 9.85. The van der Waals surface area contributed by atoms with Gasteiger partial charge in [0.2, 0.25) is 0 Å². The number of nitrogens with zero attached hydrogens (tertiary/aromatic N) is 3. The molecule has 3 aliphatic rings. The monoisotopic (exact) mass is 408 g/mol. The maximum absolute atomic E-state index is 11.2. The van der Waals surface area contributed by atoms with Crippen molar-refractivity contribution in [1.29, 1.82) is 0 Å². The Hall–Kier alpha value is -2.52. The van der Waals surface area contributed by atoms with E-state index in [-0.39, 0.29) is 0 Å². The maximum Gasteiger partial charge on any atom is 0.164 e. The number of anilines is 1. The third-order valence-electron chi connectivity index (χ3n) is 6.43. The average molecular weight is 408 g/mol. The van der Waals surface area contributed by atoms with E-state index in [1.54, 1.807) is 0 Å². The van der Waals surface area contributed by atoms with Crippen molar-refractivity contribution >= 4 is 16.9 Å². The van der Waals surface area contributed by atoms with Gasteiger partial charge in [0.25, 0.3) is 0 Å². The molecule has 2 saturated heterocycles. The van der Waals surface area contributed by atoms with E-state index in [0.717, 1.165) is 23.8 Å². The quantitative estimate of drug-likeness (QED) is 0.685. The third kappa shape index (κ3) is 2.61. The number of hydrogen-bond acceptors (Lipinski definition) is 7. The number of nitrogen functional groups attached to an aromatic ring is 1. The number of nitrogens with two attached hydrogens (primary N) is 1. The molecule has 8 nitrogen and oxygen atoms in total. The number of fused-ring (bicyclic) bond motifs is 3. The minimum absolute atomic E-state index is 0.391. The van der Waals surface area contributed by atoms with Crippen molar-refractivity contribution in [3.05, 3.63) is 53.5 Å². The van der Waals surface area contributed by atoms with E-state index in [4.69, 9.17) is 19.9 Å². The Morgan fingerprint density at radius 2 is 1.93 bits per heavy atom. The highest BCUT2D eigenvalue weighted by Gasteiger charge is 2.58. The highest BCUT2D eigenvalue weighted by Crippen LogP contribution is 2.47. The number of aryl methyl sites for hydroxylation is 2. The molecule has 1 aliphatic carbocycles. The van der Waals surface area contributed by atoms with Gasteiger partial charge in [-0.1, -0.05) is 18.2 Å². The number of aromatic nitrogens is 3. The summed E-state index contributed by atoms with van der Waals surface area (Å²) in [4.78, 5) is 8.44. The van der Waals surface area contributed by atoms with Gasteiger partial charge in [-0.25, -0.2) is 9.97 Å². The number of ether oxygens (including phenoxy) is 3. The van der Waals surface area contributed by atoms with Crippen LogP contribution in [0.1, 0.15) is 42.9 Å². The molecule has 0 saturated carbocycles. The van der Waals surface area contributed by atoms with Crippen LogP contribution in [0.5, 0.6) is 0 Å². The average Bonchev–Trinajstić information content (AvgIpc) is 3.33. The van der Waals surface area contributed by atoms with Gasteiger partial charge < -0.3 is 29.6 Å². The van der Waals surface area contributed by atoms with Crippen molar-refractivity contribution < 1.29 is 19.3 Å². The summed E-state index contributed by atoms with van der Waals surface area (Å²) >= 11 is 0. The van der Waals surface area contributed by atoms with Gasteiger partial charge in [0.05, 0.1) is 5.39 Å². The topological polar surface area (TPSA) is 105 Å². The molecule has 30 heavy (non-hydrogen) atoms. The first-order valence-electron chi connectivity index (χ1n) is 10.3. The van der Waals surface area contributed by atoms with Gasteiger partial charge >= 0.3 is 0 Å². The molecule has 3 N–H and O–H groups in total. The molecule has 5 atom stereocenters. The fourth-order valence-electron chi connectivity index (χ4n) is 4.87. The van der Waals surface area contributed by atoms with Gasteiger partial charge in [0.1, 0.15) is 42.2 Å². The standard InChI is InChI=1S/C22H24N4O4/c1-22(2)29-17-16(15(27)13-6-4-11-3-5-12(11)9-13)28-21(18(17)30-22)26-8-7-14-19(23)24-10-25-20(14)26/h4,6-10,15-18,21,27H,3,5H2,1-2H3,(H2,23,24,25)/t15?,16-,17-,18-,21-/m1/s1. The van der Waals surface area contributed by atoms with Crippen LogP contribution in [0, 0.1) is 0 Å². The summed E-state index contributed by atoms with van der Waals surface area (Å²) in [5.74, 6) is -0.358. The smallest absolute Gasteiger partial charge is 0.164 e. The van der Waals surface area contributed by atoms with Crippen molar-refractivity contribution in [3.8, 4) is 0 Å². The second-order valence-corrected chi connectivity index (χ2v) is 8.75. The number of aliphatic hydroxyl groups excluding tert-OH is 1. The van der Waals surface area contributed by atoms with Crippen LogP contribution >= 0.6 is 0 Å². The van der Waals surface area contributed by atoms with E-state index in [0.29, 0.717) is 11.5 Å². The Labute approximate surface area is 173 Å². The Bertz CT molecular complexity index is 1140. The van der Waals surface area contributed by atoms with Gasteiger partial charge in [0.15, 0.2) is 12.0 Å². The van der Waals surface area contributed by atoms with Crippen LogP contribution in [-0.4, -0.2) is 43.7 Å². The second kappa shape index (κ2) is 6.24. The number of aliphatic hydroxyl groups is 1. The highest BCUT2D eigenvalue weighted by molar-refractivity contribution is 5.86. The van der Waals surface area contributed by atoms with Crippen LogP contribution in [0.25, 0.3) is 11.0 Å². The molecular weight excluding hydrogens is 384 g/mol. The van der Waals surface area contributed by atoms with Crippen molar-refractivity contribution in [3.63, 3.8) is 0 Å². The van der Waals surface area contributed by atoms with Gasteiger partial charge in [0, 0.05) is 6.20 Å². The molecule has 4 heterocycles. The first-order chi connectivity index (χ1) is 14.4. The summed E-state index contributed by atoms with van der Waals surface area (Å²) in [6.45, 7) is 3.76. The van der Waals surface area contributed by atoms with Crippen LogP contribution < -0.4 is 5.73 Å². The van der Waals surface area contributed by atoms with Crippen molar-refractivity contribution in [2.24, 2.45) is 0 Å². The molecule has 8 heteroatoms. The summed E-state index contributed by atoms with van der Waals surface area (Å²) in [6.07, 6.45) is 2.75. The van der Waals surface area contributed by atoms with Gasteiger partial charge in [-0.05, 0) is 49.4 Å². The fourth-order valence-corrected chi connectivity index (χ4v) is 4.87. The van der Waals surface area contributed by atoms with Crippen LogP contribution in [0.3, 0.4) is 0 Å². The van der Waals surface area contributed by atoms with Crippen molar-refractivity contribution in [1.82, 2.24) is 14.5 Å². The minimum Gasteiger partial charge on any atom is -0.386 e. The lowest BCUT2D eigenvalue weighted by molar-refractivity contribution is -0.207. The molecule has 0 amide bonds. The molecular formula is C22H24N4O4. The first-order valence-corrected chi connectivity index (χ1v) is 10.3. The minimum atomic E-state index is -0.826. The molecule has 156 valence electrons. The van der Waals surface area contributed by atoms with Gasteiger partial charge in [-0.2, -0.15) is 0 Å². The van der Waals surface area contributed by atoms with E-state index in [1.807, 2.05) is 36.7 Å². The molecule has 2 fully saturated rings. The zero-order chi connectivity index (χ0) is 20.6. The summed E-state index contributed by atoms with van der Waals surface area (Å²) in [6, 6.07) is 8.02. The largest absolute Gasteiger partial charge is 0.386 e. The van der Waals surface area contributed by atoms with Crippen LogP contribution in [0.2, 0.25) is 0 Å². The number of benzene rings is 1. The summed E-state index contributed by atoms with van der Waals surface area (Å²) in [5, 5.41) is 12.0. The summed E-state index contributed by atoms with van der Waals surface area (Å²) in [5.41, 5.74) is 10.2. The van der Waals surface area contributed by atoms with E-state index >= 15 is 0 Å². The third-order valence-corrected chi connectivity index (χ3v) is 6.43. The van der Waals surface area contributed by atoms with E-state index < -0.39 is 36.4 Å². The molecule has 0 bridgehead atoms. The first kappa shape index (κ1) is 18.3. The van der Waals surface area contributed by atoms with Gasteiger partial charge in [-0.3, -0.25) is 0 Å². The van der Waals surface area contributed by atoms with Gasteiger partial charge in [-0.15, -0.1) is 0 Å². The van der Waals surface area contributed by atoms with E-state index in [9.17, 15) is 5.11 Å². The van der Waals surface area contributed by atoms with E-state index in [1.165, 1.54) is 17.5 Å². The van der Waals surface area contributed by atoms with Crippen LogP contribution in [-0.2, 0) is 27.1 Å². The predicted octanol–water partition coefficient (Wildman–Crippen LogP) is 2.26. The maximum atomic E-state index is 11.2. The lowest BCUT2D eigenvalue weighted by Gasteiger charge is -2.28. The Balaban J connectivity index is 1.38. The Kier molecular flexibility index (Phi) is 3.80. The highest BCUT2D eigenvalue weighted by atomic mass is 16.8. The molecule has 0 radical (unpaired) electrons. The normalized spacial score (nSPS) is 30.1. The zero-order valence-corrected chi connectivity index (χ0v) is 16.9. The number of hydrogen-bond donors (Lipinski definition) is 2. The Morgan fingerprint density at radius 3 is 2.70 bits per heavy atom. The SMILES string of the molecule is CC1(C)O[C@@H]2[C@H](O1)[C@@H](C(O)c1ccc3c(c1)CC3)O[C@H]2n1ccc2c(N)ncnc21. The molecule has 6 rings (SSSR count). The Morgan fingerprint density at radius 1 is 1.13 bits per heavy atom. The molecule has 0 spiro atoms. The summed E-state index contributed by atoms with van der Waals surface area (Å²) < 4.78 is 20.7. The number of rotatable bonds is 3. The molecule has 1 aromatic carbocycles. The molecule has 3 aromatic rings. The zero-order valence-electron chi connectivity index (χ0n) is 16.9. The molecule has 2 aliphatic heterocycles. The van der Waals surface area contributed by atoms with Crippen LogP contribution in [0.15, 0.2) is 36.8 Å². The second-order valence-electron chi connectivity index (χ2n) is 8.75. The molecule has 1 unspecified atom stereocenters. The van der Waals surface area contributed by atoms with Crippen molar-refractivity contribution in [2.75, 3.05) is 5.73 Å². The predicted molar refractivity (Wildman–Crippen MR) is 108 cm³/mol. The lowest BCUT2D eigenvalue weighted by Crippen LogP contribution is -2.34. The van der Waals surface area contributed by atoms with E-state index in [2.05, 4.69) is 22.1 Å². The summed E-state index contributed by atoms with van der Waals surface area (Å²) in [7, 11) is 0. The van der Waals surface area contributed by atoms with Crippen molar-refractivity contribution in [2.45, 2.75) is 63.1 Å². The fraction of sp³-hybridized carbons (Fsp3) is 0.455. The van der Waals surface area contributed by atoms with Crippen LogP contribution in [0.4, 0.5) is 5.82 Å².